The molecule has 6 nitrogen and oxygen atoms in total. The van der Waals surface area contributed by atoms with Crippen molar-refractivity contribution in [3.05, 3.63) is 34.4 Å². The minimum atomic E-state index is -4.67. The van der Waals surface area contributed by atoms with Gasteiger partial charge in [-0.3, -0.25) is 0 Å². The summed E-state index contributed by atoms with van der Waals surface area (Å²) < 4.78 is 24.7. The molecule has 0 saturated carbocycles. The van der Waals surface area contributed by atoms with Gasteiger partial charge >= 0.3 is 75.9 Å². The molecule has 0 aliphatic carbocycles. The van der Waals surface area contributed by atoms with Gasteiger partial charge in [-0.2, -0.15) is 0 Å². The molecule has 0 amide bonds. The number of benzene rings is 1. The van der Waals surface area contributed by atoms with Gasteiger partial charge in [0.05, 0.1) is 0 Å². The van der Waals surface area contributed by atoms with E-state index in [0.717, 1.165) is 6.07 Å². The average molecular weight is 246 g/mol. The molecule has 1 aromatic rings. The first-order valence-electron chi connectivity index (χ1n) is 3.28. The van der Waals surface area contributed by atoms with Crippen molar-refractivity contribution in [1.29, 1.82) is 0 Å². The standard InChI is InChI=1S/C6H7AsN2O4/c8-7(10,11)5-3-1-2-4-6(5)9(12)13/h1-4H,(H3,8,10,11). The fraction of sp³-hybridized carbons (Fsp3) is 0. The van der Waals surface area contributed by atoms with Crippen LogP contribution in [0.1, 0.15) is 0 Å². The van der Waals surface area contributed by atoms with Gasteiger partial charge in [-0.1, -0.05) is 0 Å². The maximum atomic E-state index is 11.0. The predicted molar refractivity (Wildman–Crippen MR) is 45.6 cm³/mol. The predicted octanol–water partition coefficient (Wildman–Crippen LogP) is -0.878. The summed E-state index contributed by atoms with van der Waals surface area (Å²) in [7, 11) is 0. The number of nitrogens with zero attached hydrogens (tertiary/aromatic N) is 1. The average Bonchev–Trinajstić information content (AvgIpc) is 2.03. The van der Waals surface area contributed by atoms with Crippen molar-refractivity contribution in [3.63, 3.8) is 0 Å². The Labute approximate surface area is 76.4 Å². The summed E-state index contributed by atoms with van der Waals surface area (Å²) >= 11 is -4.67. The molecular weight excluding hydrogens is 239 g/mol. The zero-order valence-electron chi connectivity index (χ0n) is 6.45. The van der Waals surface area contributed by atoms with E-state index < -0.39 is 24.7 Å². The first-order chi connectivity index (χ1) is 5.93. The zero-order chi connectivity index (χ0) is 10.1. The van der Waals surface area contributed by atoms with Crippen molar-refractivity contribution >= 4 is 24.1 Å². The van der Waals surface area contributed by atoms with Crippen LogP contribution in [0, 0.1) is 10.1 Å². The van der Waals surface area contributed by atoms with Gasteiger partial charge in [-0.25, -0.2) is 0 Å². The van der Waals surface area contributed by atoms with Crippen LogP contribution in [-0.4, -0.2) is 23.1 Å². The molecule has 0 aliphatic heterocycles. The first-order valence-corrected chi connectivity index (χ1v) is 6.91. The molecule has 0 fully saturated rings. The zero-order valence-corrected chi connectivity index (χ0v) is 8.33. The summed E-state index contributed by atoms with van der Waals surface area (Å²) in [5, 5.41) is 10.4. The van der Waals surface area contributed by atoms with Crippen LogP contribution >= 0.6 is 0 Å². The molecule has 3 N–H and O–H groups in total. The second kappa shape index (κ2) is 3.33. The van der Waals surface area contributed by atoms with Gasteiger partial charge in [0.2, 0.25) is 0 Å². The van der Waals surface area contributed by atoms with E-state index in [4.69, 9.17) is 8.75 Å². The summed E-state index contributed by atoms with van der Waals surface area (Å²) in [6.45, 7) is 0. The van der Waals surface area contributed by atoms with Crippen LogP contribution in [0.15, 0.2) is 24.3 Å². The second-order valence-electron chi connectivity index (χ2n) is 2.37. The summed E-state index contributed by atoms with van der Waals surface area (Å²) in [5.41, 5.74) is -0.407. The molecule has 1 unspecified atom stereocenters. The Balaban J connectivity index is 3.37. The molecule has 7 heteroatoms. The summed E-state index contributed by atoms with van der Waals surface area (Å²) in [6.07, 6.45) is 0. The Kier molecular flexibility index (Phi) is 2.56. The molecule has 0 radical (unpaired) electrons. The third-order valence-electron chi connectivity index (χ3n) is 1.42. The van der Waals surface area contributed by atoms with E-state index in [0.29, 0.717) is 0 Å². The molecule has 0 saturated heterocycles. The molecule has 0 spiro atoms. The van der Waals surface area contributed by atoms with Crippen molar-refractivity contribution in [2.45, 2.75) is 0 Å². The first kappa shape index (κ1) is 9.98. The van der Waals surface area contributed by atoms with Crippen LogP contribution in [0.4, 0.5) is 5.69 Å². The summed E-state index contributed by atoms with van der Waals surface area (Å²) in [4.78, 5) is 9.67. The number of para-hydroxylation sites is 1. The van der Waals surface area contributed by atoms with E-state index in [1.165, 1.54) is 18.2 Å². The van der Waals surface area contributed by atoms with Crippen LogP contribution < -0.4 is 9.00 Å². The topological polar surface area (TPSA) is 106 Å². The van der Waals surface area contributed by atoms with Crippen molar-refractivity contribution in [1.82, 2.24) is 0 Å². The van der Waals surface area contributed by atoms with E-state index in [-0.39, 0.29) is 4.35 Å². The molecule has 70 valence electrons. The van der Waals surface area contributed by atoms with Gasteiger partial charge in [0.1, 0.15) is 0 Å². The van der Waals surface area contributed by atoms with E-state index in [2.05, 4.69) is 0 Å². The van der Waals surface area contributed by atoms with E-state index in [9.17, 15) is 13.9 Å². The molecule has 0 aliphatic rings. The Bertz CT molecular complexity index is 386. The van der Waals surface area contributed by atoms with Crippen LogP contribution in [0.3, 0.4) is 0 Å². The fourth-order valence-electron chi connectivity index (χ4n) is 0.889. The number of rotatable bonds is 2. The van der Waals surface area contributed by atoms with Crippen LogP contribution in [0.2, 0.25) is 0 Å². The molecule has 1 atom stereocenters. The van der Waals surface area contributed by atoms with Gasteiger partial charge in [0.15, 0.2) is 0 Å². The monoisotopic (exact) mass is 246 g/mol. The summed E-state index contributed by atoms with van der Waals surface area (Å²) in [5.74, 6) is 0. The van der Waals surface area contributed by atoms with Gasteiger partial charge in [0.25, 0.3) is 0 Å². The summed E-state index contributed by atoms with van der Waals surface area (Å²) in [6, 6.07) is 5.18. The molecule has 13 heavy (non-hydrogen) atoms. The Morgan fingerprint density at radius 2 is 2.00 bits per heavy atom. The van der Waals surface area contributed by atoms with E-state index in [1.807, 2.05) is 0 Å². The SMILES string of the molecule is N[As](=O)(O)c1ccccc1[N+](=O)[O-]. The molecule has 1 aromatic carbocycles. The molecule has 0 aromatic heterocycles. The van der Waals surface area contributed by atoms with E-state index in [1.54, 1.807) is 0 Å². The number of hydrogen-bond donors (Lipinski definition) is 2. The van der Waals surface area contributed by atoms with E-state index >= 15 is 0 Å². The molecule has 1 rings (SSSR count). The van der Waals surface area contributed by atoms with Crippen molar-refractivity contribution in [2.24, 2.45) is 4.65 Å². The Morgan fingerprint density at radius 1 is 1.46 bits per heavy atom. The number of nitro benzene ring substituents is 1. The quantitative estimate of drug-likeness (QED) is 0.400. The van der Waals surface area contributed by atoms with Gasteiger partial charge in [-0.05, 0) is 0 Å². The van der Waals surface area contributed by atoms with Crippen molar-refractivity contribution < 1.29 is 12.8 Å². The molecule has 0 bridgehead atoms. The van der Waals surface area contributed by atoms with Gasteiger partial charge in [0, 0.05) is 0 Å². The third kappa shape index (κ3) is 2.18. The van der Waals surface area contributed by atoms with Gasteiger partial charge < -0.3 is 0 Å². The Morgan fingerprint density at radius 3 is 2.38 bits per heavy atom. The third-order valence-corrected chi connectivity index (χ3v) is 3.67. The minimum absolute atomic E-state index is 0.273. The normalized spacial score (nSPS) is 14.9. The van der Waals surface area contributed by atoms with Crippen LogP contribution in [0.5, 0.6) is 0 Å². The Hall–Kier alpha value is -1.10. The number of hydrogen-bond acceptors (Lipinski definition) is 3. The fourth-order valence-corrected chi connectivity index (χ4v) is 2.53. The van der Waals surface area contributed by atoms with Crippen molar-refractivity contribution in [3.8, 4) is 0 Å². The maximum absolute atomic E-state index is 11.0. The molecule has 0 heterocycles. The van der Waals surface area contributed by atoms with Gasteiger partial charge in [-0.15, -0.1) is 0 Å². The number of nitro groups is 1. The van der Waals surface area contributed by atoms with Crippen molar-refractivity contribution in [2.75, 3.05) is 0 Å². The van der Waals surface area contributed by atoms with Crippen LogP contribution in [0.25, 0.3) is 0 Å². The van der Waals surface area contributed by atoms with Crippen LogP contribution in [-0.2, 0) is 3.74 Å². The molecular formula is C6H7AsN2O4. The second-order valence-corrected chi connectivity index (χ2v) is 5.99. The number of nitrogens with two attached hydrogens (primary N) is 1.